The number of amides is 1. The number of carbonyl (C=O) groups is 3. The third-order valence-electron chi connectivity index (χ3n) is 4.50. The third kappa shape index (κ3) is 4.29. The van der Waals surface area contributed by atoms with Crippen molar-refractivity contribution in [1.82, 2.24) is 4.90 Å². The molecule has 2 aromatic carbocycles. The van der Waals surface area contributed by atoms with Crippen molar-refractivity contribution in [2.75, 3.05) is 20.2 Å². The predicted molar refractivity (Wildman–Crippen MR) is 106 cm³/mol. The number of rotatable bonds is 5. The molecule has 3 rings (SSSR count). The average Bonchev–Trinajstić information content (AvgIpc) is 3.03. The molecule has 0 aliphatic carbocycles. The Balaban J connectivity index is 1.77. The van der Waals surface area contributed by atoms with Crippen LogP contribution in [0.4, 0.5) is 4.79 Å². The molecule has 0 radical (unpaired) electrons. The van der Waals surface area contributed by atoms with Gasteiger partial charge in [-0.2, -0.15) is 0 Å². The topological polar surface area (TPSA) is 82.1 Å². The summed E-state index contributed by atoms with van der Waals surface area (Å²) in [6.45, 7) is 4.81. The Hall–Kier alpha value is -3.61. The minimum absolute atomic E-state index is 0.151. The summed E-state index contributed by atoms with van der Waals surface area (Å²) in [4.78, 5) is 37.7. The number of methoxy groups -OCH3 is 1. The van der Waals surface area contributed by atoms with Crippen molar-refractivity contribution in [2.45, 2.75) is 13.8 Å². The van der Waals surface area contributed by atoms with Gasteiger partial charge in [-0.05, 0) is 49.8 Å². The maximum atomic E-state index is 12.6. The maximum absolute atomic E-state index is 12.6. The molecule has 0 atom stereocenters. The molecule has 0 saturated carbocycles. The Labute approximate surface area is 168 Å². The van der Waals surface area contributed by atoms with Crippen LogP contribution in [0.15, 0.2) is 48.2 Å². The third-order valence-corrected chi connectivity index (χ3v) is 4.50. The molecule has 1 amide bonds. The van der Waals surface area contributed by atoms with E-state index in [4.69, 9.17) is 9.47 Å². The van der Waals surface area contributed by atoms with Crippen LogP contribution in [-0.2, 0) is 4.74 Å². The van der Waals surface area contributed by atoms with Crippen LogP contribution in [0.1, 0.15) is 40.1 Å². The normalized spacial score (nSPS) is 13.6. The molecule has 0 spiro atoms. The second-order valence-corrected chi connectivity index (χ2v) is 6.25. The second kappa shape index (κ2) is 8.60. The fraction of sp³-hybridized carbons (Fsp3) is 0.227. The average molecular weight is 395 g/mol. The van der Waals surface area contributed by atoms with Gasteiger partial charge in [0.1, 0.15) is 11.5 Å². The molecule has 29 heavy (non-hydrogen) atoms. The van der Waals surface area contributed by atoms with E-state index >= 15 is 0 Å². The van der Waals surface area contributed by atoms with E-state index in [0.717, 1.165) is 0 Å². The van der Waals surface area contributed by atoms with E-state index < -0.39 is 12.1 Å². The van der Waals surface area contributed by atoms with Crippen molar-refractivity contribution >= 4 is 23.9 Å². The van der Waals surface area contributed by atoms with Gasteiger partial charge in [-0.25, -0.2) is 9.59 Å². The summed E-state index contributed by atoms with van der Waals surface area (Å²) in [6, 6.07) is 11.3. The van der Waals surface area contributed by atoms with E-state index in [2.05, 4.69) is 4.74 Å². The molecular weight excluding hydrogens is 374 g/mol. The Morgan fingerprint density at radius 1 is 1.07 bits per heavy atom. The number of ketones is 1. The van der Waals surface area contributed by atoms with Crippen molar-refractivity contribution in [1.29, 1.82) is 0 Å². The van der Waals surface area contributed by atoms with Gasteiger partial charge in [0, 0.05) is 19.2 Å². The first kappa shape index (κ1) is 20.1. The van der Waals surface area contributed by atoms with E-state index in [0.29, 0.717) is 41.3 Å². The lowest BCUT2D eigenvalue weighted by Crippen LogP contribution is -2.33. The SMILES string of the molecule is CCN(CC)C(=O)Oc1ccc2c(c1)O/C(=C/c1ccc(C(=O)OC)cc1)C2=O. The van der Waals surface area contributed by atoms with Crippen LogP contribution in [0.2, 0.25) is 0 Å². The predicted octanol–water partition coefficient (Wildman–Crippen LogP) is 3.93. The molecule has 2 aromatic rings. The fourth-order valence-electron chi connectivity index (χ4n) is 2.86. The largest absolute Gasteiger partial charge is 0.465 e. The van der Waals surface area contributed by atoms with Gasteiger partial charge < -0.3 is 19.1 Å². The number of allylic oxidation sites excluding steroid dienone is 1. The highest BCUT2D eigenvalue weighted by Crippen LogP contribution is 2.35. The summed E-state index contributed by atoms with van der Waals surface area (Å²) in [6.07, 6.45) is 1.13. The molecule has 1 aliphatic heterocycles. The number of hydrogen-bond donors (Lipinski definition) is 0. The van der Waals surface area contributed by atoms with Gasteiger partial charge in [0.05, 0.1) is 18.2 Å². The van der Waals surface area contributed by atoms with E-state index in [1.54, 1.807) is 47.4 Å². The number of esters is 1. The van der Waals surface area contributed by atoms with E-state index in [9.17, 15) is 14.4 Å². The Bertz CT molecular complexity index is 973. The van der Waals surface area contributed by atoms with E-state index in [1.165, 1.54) is 13.2 Å². The maximum Gasteiger partial charge on any atom is 0.415 e. The number of fused-ring (bicyclic) bond motifs is 1. The minimum Gasteiger partial charge on any atom is -0.465 e. The van der Waals surface area contributed by atoms with Gasteiger partial charge in [0.2, 0.25) is 5.78 Å². The van der Waals surface area contributed by atoms with Crippen LogP contribution in [-0.4, -0.2) is 42.9 Å². The van der Waals surface area contributed by atoms with Gasteiger partial charge >= 0.3 is 12.1 Å². The molecule has 0 N–H and O–H groups in total. The van der Waals surface area contributed by atoms with Crippen molar-refractivity contribution < 1.29 is 28.6 Å². The summed E-state index contributed by atoms with van der Waals surface area (Å²) in [5.41, 5.74) is 1.50. The summed E-state index contributed by atoms with van der Waals surface area (Å²) in [5, 5.41) is 0. The lowest BCUT2D eigenvalue weighted by molar-refractivity contribution is 0.0600. The highest BCUT2D eigenvalue weighted by Gasteiger charge is 2.28. The first-order chi connectivity index (χ1) is 14.0. The highest BCUT2D eigenvalue weighted by atomic mass is 16.6. The van der Waals surface area contributed by atoms with Crippen molar-refractivity contribution in [3.8, 4) is 11.5 Å². The molecule has 1 aliphatic rings. The van der Waals surface area contributed by atoms with Gasteiger partial charge in [-0.15, -0.1) is 0 Å². The molecule has 0 unspecified atom stereocenters. The molecule has 0 aromatic heterocycles. The van der Waals surface area contributed by atoms with Crippen molar-refractivity contribution in [3.05, 3.63) is 64.9 Å². The second-order valence-electron chi connectivity index (χ2n) is 6.25. The van der Waals surface area contributed by atoms with Crippen LogP contribution in [0.3, 0.4) is 0 Å². The zero-order chi connectivity index (χ0) is 21.0. The monoisotopic (exact) mass is 395 g/mol. The van der Waals surface area contributed by atoms with Crippen LogP contribution >= 0.6 is 0 Å². The molecule has 0 fully saturated rings. The van der Waals surface area contributed by atoms with Crippen molar-refractivity contribution in [3.63, 3.8) is 0 Å². The Kier molecular flexibility index (Phi) is 5.97. The first-order valence-electron chi connectivity index (χ1n) is 9.20. The molecular formula is C22H21NO6. The zero-order valence-electron chi connectivity index (χ0n) is 16.4. The first-order valence-corrected chi connectivity index (χ1v) is 9.20. The van der Waals surface area contributed by atoms with Crippen LogP contribution < -0.4 is 9.47 Å². The molecule has 150 valence electrons. The van der Waals surface area contributed by atoms with Gasteiger partial charge in [-0.1, -0.05) is 12.1 Å². The quantitative estimate of drug-likeness (QED) is 0.564. The number of carbonyl (C=O) groups excluding carboxylic acids is 3. The molecule has 0 bridgehead atoms. The molecule has 0 saturated heterocycles. The molecule has 1 heterocycles. The van der Waals surface area contributed by atoms with Crippen LogP contribution in [0.25, 0.3) is 6.08 Å². The number of Topliss-reactive ketones (excluding diaryl/α,β-unsaturated/α-hetero) is 1. The molecule has 7 nitrogen and oxygen atoms in total. The zero-order valence-corrected chi connectivity index (χ0v) is 16.4. The lowest BCUT2D eigenvalue weighted by atomic mass is 10.1. The fourth-order valence-corrected chi connectivity index (χ4v) is 2.86. The summed E-state index contributed by atoms with van der Waals surface area (Å²) >= 11 is 0. The smallest absolute Gasteiger partial charge is 0.415 e. The van der Waals surface area contributed by atoms with Gasteiger partial charge in [-0.3, -0.25) is 4.79 Å². The number of benzene rings is 2. The van der Waals surface area contributed by atoms with Crippen LogP contribution in [0, 0.1) is 0 Å². The Morgan fingerprint density at radius 3 is 2.38 bits per heavy atom. The van der Waals surface area contributed by atoms with Gasteiger partial charge in [0.25, 0.3) is 0 Å². The minimum atomic E-state index is -0.458. The number of hydrogen-bond acceptors (Lipinski definition) is 6. The summed E-state index contributed by atoms with van der Waals surface area (Å²) in [5.74, 6) is 0.0858. The summed E-state index contributed by atoms with van der Waals surface area (Å²) < 4.78 is 15.7. The van der Waals surface area contributed by atoms with Crippen LogP contribution in [0.5, 0.6) is 11.5 Å². The highest BCUT2D eigenvalue weighted by molar-refractivity contribution is 6.14. The van der Waals surface area contributed by atoms with Crippen molar-refractivity contribution in [2.24, 2.45) is 0 Å². The Morgan fingerprint density at radius 2 is 1.76 bits per heavy atom. The lowest BCUT2D eigenvalue weighted by Gasteiger charge is -2.17. The van der Waals surface area contributed by atoms with E-state index in [1.807, 2.05) is 13.8 Å². The summed E-state index contributed by atoms with van der Waals surface area (Å²) in [7, 11) is 1.31. The number of ether oxygens (including phenoxy) is 3. The number of nitrogens with zero attached hydrogens (tertiary/aromatic N) is 1. The van der Waals surface area contributed by atoms with E-state index in [-0.39, 0.29) is 11.5 Å². The van der Waals surface area contributed by atoms with Gasteiger partial charge in [0.15, 0.2) is 5.76 Å². The standard InChI is InChI=1S/C22H21NO6/c1-4-23(5-2)22(26)28-16-10-11-17-18(13-16)29-19(20(17)24)12-14-6-8-15(9-7-14)21(25)27-3/h6-13H,4-5H2,1-3H3/b19-12+. The molecule has 7 heteroatoms.